The van der Waals surface area contributed by atoms with Gasteiger partial charge in [0.25, 0.3) is 0 Å². The highest BCUT2D eigenvalue weighted by atomic mass is 31.2. The van der Waals surface area contributed by atoms with E-state index in [0.717, 1.165) is 87.8 Å². The van der Waals surface area contributed by atoms with Gasteiger partial charge in [-0.3, -0.25) is 0 Å². The van der Waals surface area contributed by atoms with Crippen LogP contribution in [-0.4, -0.2) is 9.97 Å². The van der Waals surface area contributed by atoms with E-state index in [1.165, 1.54) is 0 Å². The summed E-state index contributed by atoms with van der Waals surface area (Å²) in [4.78, 5) is 10.3. The molecule has 10 rings (SSSR count). The topological polar surface area (TPSA) is 42.9 Å². The predicted octanol–water partition coefficient (Wildman–Crippen LogP) is 12.8. The van der Waals surface area contributed by atoms with Crippen LogP contribution in [0.3, 0.4) is 0 Å². The lowest BCUT2D eigenvalue weighted by atomic mass is 9.85. The number of hydrogen-bond donors (Lipinski definition) is 0. The molecule has 0 saturated carbocycles. The van der Waals surface area contributed by atoms with Crippen LogP contribution >= 0.6 is 7.14 Å². The Morgan fingerprint density at radius 3 is 1.10 bits per heavy atom. The second-order valence-electron chi connectivity index (χ2n) is 14.4. The third kappa shape index (κ3) is 6.33. The zero-order valence-corrected chi connectivity index (χ0v) is 32.5. The fourth-order valence-corrected chi connectivity index (χ4v) is 10.9. The predicted molar refractivity (Wildman–Crippen MR) is 244 cm³/mol. The Balaban J connectivity index is 1.16. The lowest BCUT2D eigenvalue weighted by molar-refractivity contribution is 0.592. The van der Waals surface area contributed by atoms with E-state index >= 15 is 4.57 Å². The van der Waals surface area contributed by atoms with E-state index in [-0.39, 0.29) is 0 Å². The molecule has 0 fully saturated rings. The van der Waals surface area contributed by atoms with Crippen molar-refractivity contribution >= 4 is 44.6 Å². The number of aromatic nitrogens is 2. The second kappa shape index (κ2) is 15.0. The molecule has 0 radical (unpaired) electrons. The Bertz CT molecular complexity index is 2970. The molecule has 58 heavy (non-hydrogen) atoms. The maximum Gasteiger partial charge on any atom is 0.171 e. The van der Waals surface area contributed by atoms with Gasteiger partial charge in [0, 0.05) is 32.6 Å². The smallest absolute Gasteiger partial charge is 0.171 e. The molecule has 0 atom stereocenters. The van der Waals surface area contributed by atoms with Crippen molar-refractivity contribution < 1.29 is 4.57 Å². The van der Waals surface area contributed by atoms with Crippen LogP contribution in [0, 0.1) is 0 Å². The fourth-order valence-electron chi connectivity index (χ4n) is 8.23. The average Bonchev–Trinajstić information content (AvgIpc) is 3.31. The van der Waals surface area contributed by atoms with Gasteiger partial charge in [-0.1, -0.05) is 206 Å². The average molecular weight is 761 g/mol. The first-order valence-electron chi connectivity index (χ1n) is 19.5. The van der Waals surface area contributed by atoms with Gasteiger partial charge in [-0.25, -0.2) is 9.97 Å². The summed E-state index contributed by atoms with van der Waals surface area (Å²) in [5.41, 5.74) is 9.15. The van der Waals surface area contributed by atoms with Crippen LogP contribution in [0.5, 0.6) is 0 Å². The standard InChI is InChI=1S/C54H37N2OP/c57-58(43-26-9-3-10-27-43,44-28-11-4-12-29-44)45-30-18-24-41(36-45)53-48-33-15-13-31-46(48)52(47-32-14-16-34-49(47)53)40-23-17-25-42(35-40)54-55-50(38-19-5-1-6-20-38)37-51(56-54)39-21-7-2-8-22-39/h1-37H. The molecule has 0 aliphatic rings. The van der Waals surface area contributed by atoms with Gasteiger partial charge >= 0.3 is 0 Å². The van der Waals surface area contributed by atoms with Crippen LogP contribution in [-0.2, 0) is 4.57 Å². The van der Waals surface area contributed by atoms with Crippen LogP contribution in [0.4, 0.5) is 0 Å². The SMILES string of the molecule is O=P(c1ccccc1)(c1ccccc1)c1cccc(-c2c3ccccc3c(-c3cccc(-c4nc(-c5ccccc5)cc(-c5ccccc5)n4)c3)c3ccccc23)c1. The van der Waals surface area contributed by atoms with Crippen molar-refractivity contribution in [2.45, 2.75) is 0 Å². The maximum atomic E-state index is 15.5. The molecular formula is C54H37N2OP. The largest absolute Gasteiger partial charge is 0.309 e. The van der Waals surface area contributed by atoms with Gasteiger partial charge in [-0.15, -0.1) is 0 Å². The summed E-state index contributed by atoms with van der Waals surface area (Å²) >= 11 is 0. The molecule has 274 valence electrons. The summed E-state index contributed by atoms with van der Waals surface area (Å²) in [6, 6.07) is 76.7. The molecule has 0 bridgehead atoms. The Labute approximate surface area is 338 Å². The molecule has 1 aromatic heterocycles. The summed E-state index contributed by atoms with van der Waals surface area (Å²) in [5, 5.41) is 6.97. The van der Waals surface area contributed by atoms with Crippen molar-refractivity contribution in [1.82, 2.24) is 9.97 Å². The third-order valence-corrected chi connectivity index (χ3v) is 14.0. The molecule has 10 aromatic rings. The Morgan fingerprint density at radius 1 is 0.293 bits per heavy atom. The summed E-state index contributed by atoms with van der Waals surface area (Å²) in [6.45, 7) is 0. The van der Waals surface area contributed by atoms with E-state index in [1.54, 1.807) is 0 Å². The Kier molecular flexibility index (Phi) is 9.14. The van der Waals surface area contributed by atoms with Crippen molar-refractivity contribution in [3.05, 3.63) is 224 Å². The van der Waals surface area contributed by atoms with Crippen molar-refractivity contribution in [2.24, 2.45) is 0 Å². The molecule has 3 nitrogen and oxygen atoms in total. The fraction of sp³-hybridized carbons (Fsp3) is 0. The first-order chi connectivity index (χ1) is 28.6. The molecule has 0 unspecified atom stereocenters. The molecule has 0 spiro atoms. The van der Waals surface area contributed by atoms with Gasteiger partial charge in [0.05, 0.1) is 11.4 Å². The monoisotopic (exact) mass is 760 g/mol. The van der Waals surface area contributed by atoms with Gasteiger partial charge in [0.15, 0.2) is 13.0 Å². The highest BCUT2D eigenvalue weighted by Crippen LogP contribution is 2.47. The normalized spacial score (nSPS) is 11.5. The van der Waals surface area contributed by atoms with Crippen molar-refractivity contribution in [2.75, 3.05) is 0 Å². The molecule has 0 saturated heterocycles. The van der Waals surface area contributed by atoms with E-state index < -0.39 is 7.14 Å². The Hall–Kier alpha value is -7.19. The minimum Gasteiger partial charge on any atom is -0.309 e. The zero-order valence-electron chi connectivity index (χ0n) is 31.6. The van der Waals surface area contributed by atoms with E-state index in [1.807, 2.05) is 103 Å². The number of fused-ring (bicyclic) bond motifs is 2. The van der Waals surface area contributed by atoms with Gasteiger partial charge in [0.2, 0.25) is 0 Å². The maximum absolute atomic E-state index is 15.5. The molecule has 0 N–H and O–H groups in total. The highest BCUT2D eigenvalue weighted by molar-refractivity contribution is 7.85. The van der Waals surface area contributed by atoms with E-state index in [9.17, 15) is 0 Å². The molecule has 0 amide bonds. The van der Waals surface area contributed by atoms with E-state index in [2.05, 4.69) is 121 Å². The van der Waals surface area contributed by atoms with Crippen LogP contribution in [0.15, 0.2) is 224 Å². The summed E-state index contributed by atoms with van der Waals surface area (Å²) in [5.74, 6) is 0.672. The van der Waals surface area contributed by atoms with Gasteiger partial charge in [-0.2, -0.15) is 0 Å². The van der Waals surface area contributed by atoms with E-state index in [0.29, 0.717) is 5.82 Å². The third-order valence-electron chi connectivity index (χ3n) is 10.9. The zero-order chi connectivity index (χ0) is 38.9. The lowest BCUT2D eigenvalue weighted by Gasteiger charge is -2.22. The van der Waals surface area contributed by atoms with Gasteiger partial charge in [0.1, 0.15) is 0 Å². The van der Waals surface area contributed by atoms with Gasteiger partial charge < -0.3 is 4.57 Å². The van der Waals surface area contributed by atoms with Crippen molar-refractivity contribution in [3.8, 4) is 56.2 Å². The molecule has 4 heteroatoms. The molecule has 9 aromatic carbocycles. The number of benzene rings is 9. The highest BCUT2D eigenvalue weighted by Gasteiger charge is 2.30. The van der Waals surface area contributed by atoms with Crippen LogP contribution in [0.25, 0.3) is 77.7 Å². The number of nitrogens with zero attached hydrogens (tertiary/aromatic N) is 2. The number of hydrogen-bond acceptors (Lipinski definition) is 3. The molecule has 0 aliphatic carbocycles. The molecular weight excluding hydrogens is 724 g/mol. The molecule has 0 aliphatic heterocycles. The van der Waals surface area contributed by atoms with Crippen LogP contribution < -0.4 is 15.9 Å². The van der Waals surface area contributed by atoms with Gasteiger partial charge in [-0.05, 0) is 62.0 Å². The van der Waals surface area contributed by atoms with Crippen LogP contribution in [0.1, 0.15) is 0 Å². The number of rotatable bonds is 8. The lowest BCUT2D eigenvalue weighted by Crippen LogP contribution is -2.25. The first kappa shape index (κ1) is 35.2. The van der Waals surface area contributed by atoms with Crippen LogP contribution in [0.2, 0.25) is 0 Å². The molecule has 1 heterocycles. The van der Waals surface area contributed by atoms with Crippen molar-refractivity contribution in [1.29, 1.82) is 0 Å². The van der Waals surface area contributed by atoms with E-state index in [4.69, 9.17) is 9.97 Å². The Morgan fingerprint density at radius 2 is 0.638 bits per heavy atom. The van der Waals surface area contributed by atoms with Crippen molar-refractivity contribution in [3.63, 3.8) is 0 Å². The second-order valence-corrected chi connectivity index (χ2v) is 17.2. The summed E-state index contributed by atoms with van der Waals surface area (Å²) in [6.07, 6.45) is 0. The summed E-state index contributed by atoms with van der Waals surface area (Å²) in [7, 11) is -3.20. The minimum atomic E-state index is -3.20. The quantitative estimate of drug-likeness (QED) is 0.114. The minimum absolute atomic E-state index is 0.672. The summed E-state index contributed by atoms with van der Waals surface area (Å²) < 4.78 is 15.5. The first-order valence-corrected chi connectivity index (χ1v) is 21.2.